The van der Waals surface area contributed by atoms with Crippen molar-refractivity contribution in [3.8, 4) is 0 Å². The van der Waals surface area contributed by atoms with Crippen LogP contribution in [0.3, 0.4) is 0 Å². The van der Waals surface area contributed by atoms with Crippen LogP contribution in [0.25, 0.3) is 0 Å². The Hall–Kier alpha value is -0.203. The molecular weight excluding hydrogens is 534 g/mol. The summed E-state index contributed by atoms with van der Waals surface area (Å²) in [6.45, 7) is 2.90. The molecule has 30 heavy (non-hydrogen) atoms. The molecule has 0 heterocycles. The molecule has 0 amide bonds. The summed E-state index contributed by atoms with van der Waals surface area (Å²) >= 11 is 0.935. The Morgan fingerprint density at radius 2 is 1.07 bits per heavy atom. The maximum absolute atomic E-state index is 13.6. The zero-order valence-corrected chi connectivity index (χ0v) is 18.3. The summed E-state index contributed by atoms with van der Waals surface area (Å²) in [5.74, 6) is -6.77. The van der Waals surface area contributed by atoms with Gasteiger partial charge in [0.2, 0.25) is 0 Å². The van der Waals surface area contributed by atoms with Gasteiger partial charge in [-0.05, 0) is 20.8 Å². The second-order valence-corrected chi connectivity index (χ2v) is 9.03. The summed E-state index contributed by atoms with van der Waals surface area (Å²) in [5, 5.41) is 0. The van der Waals surface area contributed by atoms with Crippen molar-refractivity contribution in [1.29, 1.82) is 0 Å². The van der Waals surface area contributed by atoms with Crippen LogP contribution in [-0.2, 0) is 22.8 Å². The highest BCUT2D eigenvalue weighted by Gasteiger charge is 2.78. The van der Waals surface area contributed by atoms with Crippen molar-refractivity contribution in [2.75, 3.05) is 26.4 Å². The van der Waals surface area contributed by atoms with Crippen LogP contribution in [0.5, 0.6) is 0 Å². The van der Waals surface area contributed by atoms with Crippen molar-refractivity contribution >= 4 is 24.7 Å². The highest BCUT2D eigenvalue weighted by Crippen LogP contribution is 2.52. The van der Waals surface area contributed by atoms with E-state index in [0.717, 1.165) is 15.9 Å². The van der Waals surface area contributed by atoms with Crippen molar-refractivity contribution in [2.45, 2.75) is 55.9 Å². The minimum absolute atomic E-state index is 0.0411. The van der Waals surface area contributed by atoms with Gasteiger partial charge in [0.1, 0.15) is 0 Å². The highest BCUT2D eigenvalue weighted by atomic mass is 79.9. The predicted molar refractivity (Wildman–Crippen MR) is 86.1 cm³/mol. The Balaban J connectivity index is 5.44. The first-order valence-electron chi connectivity index (χ1n) is 8.18. The zero-order chi connectivity index (χ0) is 24.1. The fourth-order valence-electron chi connectivity index (χ4n) is 1.85. The van der Waals surface area contributed by atoms with E-state index in [4.69, 9.17) is 13.3 Å². The van der Waals surface area contributed by atoms with E-state index in [9.17, 15) is 43.9 Å². The molecule has 0 aliphatic rings. The van der Waals surface area contributed by atoms with Gasteiger partial charge in [0.25, 0.3) is 0 Å². The molecular formula is C13H19BrF10O5Si. The van der Waals surface area contributed by atoms with Crippen LogP contribution < -0.4 is 0 Å². The number of hydrogen-bond donors (Lipinski definition) is 0. The van der Waals surface area contributed by atoms with Crippen LogP contribution in [0, 0.1) is 0 Å². The van der Waals surface area contributed by atoms with E-state index in [1.54, 1.807) is 0 Å². The molecule has 0 aliphatic carbocycles. The second-order valence-electron chi connectivity index (χ2n) is 5.31. The molecule has 0 rings (SSSR count). The summed E-state index contributed by atoms with van der Waals surface area (Å²) in [6.07, 6.45) is -19.1. The third-order valence-electron chi connectivity index (χ3n) is 3.10. The molecule has 0 aromatic carbocycles. The Labute approximate surface area is 174 Å². The number of halogens is 11. The molecule has 0 radical (unpaired) electrons. The Morgan fingerprint density at radius 3 is 1.40 bits per heavy atom. The molecule has 0 aliphatic heterocycles. The lowest BCUT2D eigenvalue weighted by Gasteiger charge is -2.34. The maximum Gasteiger partial charge on any atom is 0.503 e. The van der Waals surface area contributed by atoms with Crippen molar-refractivity contribution in [3.05, 3.63) is 0 Å². The van der Waals surface area contributed by atoms with E-state index in [2.05, 4.69) is 9.47 Å². The van der Waals surface area contributed by atoms with Gasteiger partial charge in [-0.3, -0.25) is 0 Å². The normalized spacial score (nSPS) is 15.0. The van der Waals surface area contributed by atoms with Gasteiger partial charge in [0.05, 0.1) is 6.61 Å². The molecule has 0 aromatic heterocycles. The van der Waals surface area contributed by atoms with E-state index >= 15 is 0 Å². The van der Waals surface area contributed by atoms with Crippen LogP contribution >= 0.6 is 15.9 Å². The molecule has 0 bridgehead atoms. The SMILES string of the molecule is CCO[Si](CCOC(F)(F)C(F)(F)C(F)(F)OC(F)(F)C(F)(F)Br)(OCC)OCC. The first-order chi connectivity index (χ1) is 13.3. The first-order valence-corrected chi connectivity index (χ1v) is 10.9. The van der Waals surface area contributed by atoms with Gasteiger partial charge in [-0.2, -0.15) is 43.9 Å². The van der Waals surface area contributed by atoms with E-state index in [-0.39, 0.29) is 19.8 Å². The summed E-state index contributed by atoms with van der Waals surface area (Å²) in [4.78, 5) is -5.56. The third-order valence-corrected chi connectivity index (χ3v) is 6.57. The molecule has 0 spiro atoms. The average Bonchev–Trinajstić information content (AvgIpc) is 2.53. The van der Waals surface area contributed by atoms with E-state index < -0.39 is 50.5 Å². The lowest BCUT2D eigenvalue weighted by molar-refractivity contribution is -0.499. The lowest BCUT2D eigenvalue weighted by Crippen LogP contribution is -2.60. The molecule has 0 unspecified atom stereocenters. The van der Waals surface area contributed by atoms with Crippen LogP contribution in [0.4, 0.5) is 43.9 Å². The van der Waals surface area contributed by atoms with Crippen LogP contribution in [0.1, 0.15) is 20.8 Å². The van der Waals surface area contributed by atoms with Crippen molar-refractivity contribution in [2.24, 2.45) is 0 Å². The summed E-state index contributed by atoms with van der Waals surface area (Å²) in [6, 6.07) is -0.698. The fourth-order valence-corrected chi connectivity index (χ4v) is 4.28. The molecule has 0 aromatic rings. The van der Waals surface area contributed by atoms with Gasteiger partial charge in [-0.1, -0.05) is 0 Å². The molecule has 0 N–H and O–H groups in total. The van der Waals surface area contributed by atoms with Crippen molar-refractivity contribution < 1.29 is 66.7 Å². The van der Waals surface area contributed by atoms with Gasteiger partial charge in [-0.15, -0.1) is 0 Å². The van der Waals surface area contributed by atoms with Crippen molar-refractivity contribution in [1.82, 2.24) is 0 Å². The second kappa shape index (κ2) is 10.6. The Morgan fingerprint density at radius 1 is 0.667 bits per heavy atom. The van der Waals surface area contributed by atoms with Gasteiger partial charge >= 0.3 is 37.9 Å². The number of ether oxygens (including phenoxy) is 2. The molecule has 0 fully saturated rings. The molecule has 0 saturated heterocycles. The smallest absolute Gasteiger partial charge is 0.374 e. The monoisotopic (exact) mass is 552 g/mol. The van der Waals surface area contributed by atoms with E-state index in [1.807, 2.05) is 0 Å². The van der Waals surface area contributed by atoms with Gasteiger partial charge in [0.15, 0.2) is 0 Å². The molecule has 5 nitrogen and oxygen atoms in total. The quantitative estimate of drug-likeness (QED) is 0.153. The Kier molecular flexibility index (Phi) is 10.5. The number of rotatable bonds is 15. The minimum Gasteiger partial charge on any atom is -0.374 e. The molecule has 0 saturated carbocycles. The van der Waals surface area contributed by atoms with Crippen molar-refractivity contribution in [3.63, 3.8) is 0 Å². The molecule has 0 atom stereocenters. The topological polar surface area (TPSA) is 46.2 Å². The van der Waals surface area contributed by atoms with Crippen LogP contribution in [0.15, 0.2) is 0 Å². The summed E-state index contributed by atoms with van der Waals surface area (Å²) < 4.78 is 153. The van der Waals surface area contributed by atoms with E-state index in [0.29, 0.717) is 0 Å². The molecule has 182 valence electrons. The van der Waals surface area contributed by atoms with Gasteiger partial charge in [-0.25, -0.2) is 4.74 Å². The van der Waals surface area contributed by atoms with Gasteiger partial charge in [0, 0.05) is 41.8 Å². The molecule has 17 heteroatoms. The third kappa shape index (κ3) is 7.16. The van der Waals surface area contributed by atoms with Gasteiger partial charge < -0.3 is 18.0 Å². The van der Waals surface area contributed by atoms with E-state index in [1.165, 1.54) is 20.8 Å². The summed E-state index contributed by atoms with van der Waals surface area (Å²) in [5.41, 5.74) is 0. The number of hydrogen-bond acceptors (Lipinski definition) is 5. The first kappa shape index (κ1) is 29.8. The lowest BCUT2D eigenvalue weighted by atomic mass is 10.3. The number of alkyl halides is 11. The average molecular weight is 553 g/mol. The standard InChI is InChI=1S/C13H19BrF10O5Si/c1-4-26-30(27-5-2,28-6-3)8-7-25-11(19,20)9(15,16)12(21,22)29-13(23,24)10(14,17)18/h4-8H2,1-3H3. The maximum atomic E-state index is 13.6. The van der Waals surface area contributed by atoms with Crippen LogP contribution in [0.2, 0.25) is 6.04 Å². The van der Waals surface area contributed by atoms with Crippen LogP contribution in [-0.4, -0.2) is 64.3 Å². The minimum atomic E-state index is -6.77. The largest absolute Gasteiger partial charge is 0.503 e. The fraction of sp³-hybridized carbons (Fsp3) is 1.00. The summed E-state index contributed by atoms with van der Waals surface area (Å²) in [7, 11) is -3.71. The highest BCUT2D eigenvalue weighted by molar-refractivity contribution is 9.10. The Bertz CT molecular complexity index is 518. The zero-order valence-electron chi connectivity index (χ0n) is 15.7. The predicted octanol–water partition coefficient (Wildman–Crippen LogP) is 5.47.